The largest absolute Gasteiger partial charge is 0.480 e. The van der Waals surface area contributed by atoms with E-state index in [4.69, 9.17) is 142 Å². The molecular weight excluding hydrogens is 1640 g/mol. The van der Waals surface area contributed by atoms with Crippen LogP contribution in [0.15, 0.2) is 12.2 Å². The second-order valence-corrected chi connectivity index (χ2v) is 28.0. The Hall–Kier alpha value is -3.70. The third-order valence-corrected chi connectivity index (χ3v) is 17.9. The Morgan fingerprint density at radius 3 is 0.718 bits per heavy atom. The van der Waals surface area contributed by atoms with Crippen LogP contribution in [0.2, 0.25) is 0 Å². The Kier molecular flexibility index (Phi) is 84.2. The van der Waals surface area contributed by atoms with Gasteiger partial charge >= 0.3 is 18.0 Å². The molecule has 0 aromatic rings. The smallest absolute Gasteiger partial charge is 0.407 e. The van der Waals surface area contributed by atoms with Crippen molar-refractivity contribution in [3.05, 3.63) is 12.2 Å². The predicted octanol–water partition coefficient (Wildman–Crippen LogP) is 0.771. The van der Waals surface area contributed by atoms with Crippen molar-refractivity contribution >= 4 is 23.8 Å². The summed E-state index contributed by atoms with van der Waals surface area (Å²) in [4.78, 5) is 55.6. The lowest BCUT2D eigenvalue weighted by Crippen LogP contribution is -2.47. The van der Waals surface area contributed by atoms with Crippen LogP contribution >= 0.6 is 0 Å². The van der Waals surface area contributed by atoms with Gasteiger partial charge in [0.2, 0.25) is 0 Å². The molecule has 41 heteroatoms. The second kappa shape index (κ2) is 91.2. The number of nitrogens with one attached hydrogen (secondary N) is 1. The fourth-order valence-electron chi connectivity index (χ4n) is 11.4. The minimum Gasteiger partial charge on any atom is -0.480 e. The predicted molar refractivity (Wildman–Crippen MR) is 449 cm³/mol. The Morgan fingerprint density at radius 2 is 0.492 bits per heavy atom. The van der Waals surface area contributed by atoms with Gasteiger partial charge < -0.3 is 163 Å². The SMILES string of the molecule is CN1CCN(CC(=O)O)CCN(CC(=O)O)CCN(CC(=O)CCCOCCOCCOCCOCCOCCOCCOCCOCCOCCOCCOCCOCCOCCOCCOCCOCCOCCOCCOCCOCCOCCOCCOCCOCCOCCOCCOCCNC(=O)OCC2O[C@H]3CC/C=C/CC[C@H]3O2)CC1. The lowest BCUT2D eigenvalue weighted by molar-refractivity contribution is -0.140. The highest BCUT2D eigenvalue weighted by atomic mass is 16.8. The van der Waals surface area contributed by atoms with Crippen LogP contribution in [-0.4, -0.2) is 521 Å². The number of carboxylic acids is 2. The molecule has 0 aromatic heterocycles. The van der Waals surface area contributed by atoms with Crippen LogP contribution in [0.3, 0.4) is 0 Å². The molecule has 0 spiro atoms. The number of rotatable bonds is 93. The summed E-state index contributed by atoms with van der Waals surface area (Å²) in [6.07, 6.45) is 8.15. The Bertz CT molecular complexity index is 2340. The van der Waals surface area contributed by atoms with E-state index in [-0.39, 0.29) is 44.2 Å². The van der Waals surface area contributed by atoms with Gasteiger partial charge in [-0.15, -0.1) is 0 Å². The minimum atomic E-state index is -0.943. The van der Waals surface area contributed by atoms with Gasteiger partial charge in [0.1, 0.15) is 12.4 Å². The number of carboxylic acid groups (broad SMARTS) is 2. The van der Waals surface area contributed by atoms with E-state index in [0.717, 1.165) is 25.7 Å². The van der Waals surface area contributed by atoms with Crippen LogP contribution < -0.4 is 5.32 Å². The highest BCUT2D eigenvalue weighted by Gasteiger charge is 2.36. The number of allylic oxidation sites excluding steroid dienone is 2. The summed E-state index contributed by atoms with van der Waals surface area (Å²) >= 11 is 0. The molecule has 3 N–H and O–H groups in total. The van der Waals surface area contributed by atoms with Gasteiger partial charge in [0.05, 0.1) is 382 Å². The van der Waals surface area contributed by atoms with Crippen molar-refractivity contribution in [2.75, 3.05) is 449 Å². The van der Waals surface area contributed by atoms with Crippen molar-refractivity contribution in [1.29, 1.82) is 0 Å². The first-order valence-electron chi connectivity index (χ1n) is 44.4. The third kappa shape index (κ3) is 80.4. The number of ether oxygens (including phenoxy) is 30. The summed E-state index contributed by atoms with van der Waals surface area (Å²) in [5.41, 5.74) is 0. The number of carbonyl (C=O) groups is 4. The van der Waals surface area contributed by atoms with Crippen LogP contribution in [0.1, 0.15) is 38.5 Å². The number of amides is 1. The molecule has 0 aromatic carbocycles. The number of likely N-dealkylation sites (N-methyl/N-ethyl adjacent to an activating group) is 1. The number of nitrogens with zero attached hydrogens (tertiary/aromatic N) is 4. The summed E-state index contributed by atoms with van der Waals surface area (Å²) in [7, 11) is 1.98. The number of alkyl carbamates (subject to hydrolysis) is 1. The molecule has 730 valence electrons. The van der Waals surface area contributed by atoms with Gasteiger partial charge in [0, 0.05) is 71.9 Å². The van der Waals surface area contributed by atoms with Gasteiger partial charge in [0.25, 0.3) is 0 Å². The number of Topliss-reactive ketones (excluding diaryl/α,β-unsaturated/α-hetero) is 1. The molecule has 2 aliphatic heterocycles. The van der Waals surface area contributed by atoms with E-state index in [1.807, 2.05) is 11.9 Å². The lowest BCUT2D eigenvalue weighted by atomic mass is 10.0. The maximum absolute atomic E-state index is 12.9. The molecule has 2 saturated heterocycles. The molecular formula is C83H157N5O36. The molecule has 3 aliphatic rings. The topological polar surface area (TPSA) is 411 Å². The Labute approximate surface area is 735 Å². The highest BCUT2D eigenvalue weighted by molar-refractivity contribution is 5.80. The molecule has 124 heavy (non-hydrogen) atoms. The first-order valence-corrected chi connectivity index (χ1v) is 44.4. The minimum absolute atomic E-state index is 0.0538. The van der Waals surface area contributed by atoms with Gasteiger partial charge in [-0.2, -0.15) is 0 Å². The first-order chi connectivity index (χ1) is 61.2. The fraction of sp³-hybridized carbons (Fsp3) is 0.928. The van der Waals surface area contributed by atoms with E-state index in [1.54, 1.807) is 4.90 Å². The summed E-state index contributed by atoms with van der Waals surface area (Å²) in [6.45, 7) is 29.5. The van der Waals surface area contributed by atoms with Crippen molar-refractivity contribution in [3.63, 3.8) is 0 Å². The van der Waals surface area contributed by atoms with Crippen molar-refractivity contribution < 1.29 is 171 Å². The van der Waals surface area contributed by atoms with Crippen LogP contribution in [-0.2, 0) is 156 Å². The fourth-order valence-corrected chi connectivity index (χ4v) is 11.4. The lowest BCUT2D eigenvalue weighted by Gasteiger charge is -2.32. The summed E-state index contributed by atoms with van der Waals surface area (Å²) in [5, 5.41) is 21.4. The second-order valence-electron chi connectivity index (χ2n) is 28.0. The first kappa shape index (κ1) is 114. The summed E-state index contributed by atoms with van der Waals surface area (Å²) in [6, 6.07) is 0. The average Bonchev–Trinajstić information content (AvgIpc) is 1.71. The van der Waals surface area contributed by atoms with E-state index < -0.39 is 24.3 Å². The molecule has 3 rings (SSSR count). The number of ketones is 1. The van der Waals surface area contributed by atoms with E-state index in [9.17, 15) is 29.4 Å². The number of carbonyl (C=O) groups excluding carboxylic acids is 2. The number of hydrogen-bond donors (Lipinski definition) is 3. The van der Waals surface area contributed by atoms with E-state index in [1.165, 1.54) is 0 Å². The van der Waals surface area contributed by atoms with Gasteiger partial charge in [-0.05, 0) is 39.2 Å². The molecule has 3 atom stereocenters. The van der Waals surface area contributed by atoms with Gasteiger partial charge in [-0.1, -0.05) is 12.2 Å². The zero-order valence-corrected chi connectivity index (χ0v) is 74.6. The maximum atomic E-state index is 12.9. The van der Waals surface area contributed by atoms with Crippen molar-refractivity contribution in [1.82, 2.24) is 24.9 Å². The number of hydrogen-bond acceptors (Lipinski definition) is 38. The third-order valence-electron chi connectivity index (χ3n) is 17.9. The van der Waals surface area contributed by atoms with Crippen molar-refractivity contribution in [2.45, 2.75) is 57.0 Å². The zero-order valence-electron chi connectivity index (χ0n) is 74.6. The molecule has 0 bridgehead atoms. The Balaban J connectivity index is 0.853. The van der Waals surface area contributed by atoms with Gasteiger partial charge in [0.15, 0.2) is 6.29 Å². The zero-order chi connectivity index (χ0) is 88.3. The van der Waals surface area contributed by atoms with Crippen LogP contribution in [0.25, 0.3) is 0 Å². The molecule has 2 fully saturated rings. The summed E-state index contributed by atoms with van der Waals surface area (Å²) in [5.74, 6) is -1.75. The maximum Gasteiger partial charge on any atom is 0.407 e. The summed E-state index contributed by atoms with van der Waals surface area (Å²) < 4.78 is 167. The van der Waals surface area contributed by atoms with Gasteiger partial charge in [-0.25, -0.2) is 4.79 Å². The molecule has 2 heterocycles. The van der Waals surface area contributed by atoms with Crippen LogP contribution in [0.4, 0.5) is 4.79 Å². The molecule has 0 radical (unpaired) electrons. The number of fused-ring (bicyclic) bond motifs is 1. The van der Waals surface area contributed by atoms with Crippen molar-refractivity contribution in [2.24, 2.45) is 0 Å². The molecule has 41 nitrogen and oxygen atoms in total. The standard InChI is InChI=1S/C83H157N5O36/c1-85-11-13-86(15-16-88(75-81(92)93)18-17-87(14-12-85)74-80(90)91)73-77(89)7-6-19-95-21-23-97-25-27-99-29-31-101-33-35-103-37-39-105-41-43-107-45-47-109-49-51-111-53-55-113-57-59-115-61-63-117-65-67-119-69-71-121-72-70-120-68-66-118-64-62-116-60-58-114-56-54-112-52-50-110-48-46-108-44-42-106-40-38-104-36-34-102-32-30-100-28-26-98-24-22-96-20-10-84-83(94)122-76-82-123-78-8-4-2-3-5-9-79(78)124-82/h2-3,78-79,82H,4-76H2,1H3,(H,84,94)(H,90,91)(H,92,93)/b3-2+/t78-,79+,82?. The van der Waals surface area contributed by atoms with E-state index in [0.29, 0.717) is 429 Å². The van der Waals surface area contributed by atoms with Crippen LogP contribution in [0, 0.1) is 0 Å². The van der Waals surface area contributed by atoms with Crippen LogP contribution in [0.5, 0.6) is 0 Å². The van der Waals surface area contributed by atoms with E-state index >= 15 is 0 Å². The number of aliphatic carboxylic acids is 2. The normalized spacial score (nSPS) is 16.9. The average molecular weight is 1800 g/mol. The Morgan fingerprint density at radius 1 is 0.290 bits per heavy atom. The molecule has 0 saturated carbocycles. The quantitative estimate of drug-likeness (QED) is 0.0559. The molecule has 1 unspecified atom stereocenters. The van der Waals surface area contributed by atoms with Crippen molar-refractivity contribution in [3.8, 4) is 0 Å². The highest BCUT2D eigenvalue weighted by Crippen LogP contribution is 2.28. The molecule has 1 aliphatic carbocycles. The van der Waals surface area contributed by atoms with E-state index in [2.05, 4.69) is 27.3 Å². The van der Waals surface area contributed by atoms with Gasteiger partial charge in [-0.3, -0.25) is 29.1 Å². The monoisotopic (exact) mass is 1800 g/mol. The molecule has 1 amide bonds.